The standard InChI is InChI=1S/C17H20N2O2S/c1-17(2,3)22(20)19-12-15-11-16(9-10-18-15)21-13-14-7-5-4-6-8-14/h4-12H,13H2,1-3H3/b19-12+. The van der Waals surface area contributed by atoms with Gasteiger partial charge < -0.3 is 9.29 Å². The summed E-state index contributed by atoms with van der Waals surface area (Å²) in [4.78, 5) is 4.18. The second kappa shape index (κ2) is 7.42. The van der Waals surface area contributed by atoms with E-state index in [0.717, 1.165) is 5.56 Å². The van der Waals surface area contributed by atoms with E-state index in [2.05, 4.69) is 9.38 Å². The summed E-state index contributed by atoms with van der Waals surface area (Å²) in [6.07, 6.45) is 3.18. The van der Waals surface area contributed by atoms with E-state index in [1.54, 1.807) is 18.3 Å². The number of pyridine rings is 1. The average Bonchev–Trinajstić information content (AvgIpc) is 2.51. The monoisotopic (exact) mass is 316 g/mol. The van der Waals surface area contributed by atoms with Crippen molar-refractivity contribution >= 4 is 17.6 Å². The van der Waals surface area contributed by atoms with Crippen LogP contribution in [-0.4, -0.2) is 20.5 Å². The SMILES string of the molecule is CC(C)(C)[S+]([O-])/N=C/c1cc(OCc2ccccc2)ccn1. The molecule has 0 aliphatic rings. The summed E-state index contributed by atoms with van der Waals surface area (Å²) in [5.41, 5.74) is 1.73. The summed E-state index contributed by atoms with van der Waals surface area (Å²) in [5, 5.41) is 0. The highest BCUT2D eigenvalue weighted by Crippen LogP contribution is 2.17. The van der Waals surface area contributed by atoms with Crippen molar-refractivity contribution in [2.24, 2.45) is 4.40 Å². The normalized spacial score (nSPS) is 13.3. The summed E-state index contributed by atoms with van der Waals surface area (Å²) in [7, 11) is 0. The zero-order valence-corrected chi connectivity index (χ0v) is 13.8. The molecule has 1 aromatic heterocycles. The fourth-order valence-corrected chi connectivity index (χ4v) is 2.11. The maximum Gasteiger partial charge on any atom is 0.144 e. The highest BCUT2D eigenvalue weighted by atomic mass is 32.2. The van der Waals surface area contributed by atoms with E-state index in [1.165, 1.54) is 6.21 Å². The van der Waals surface area contributed by atoms with Crippen LogP contribution in [0.15, 0.2) is 53.1 Å². The van der Waals surface area contributed by atoms with Crippen LogP contribution >= 0.6 is 0 Å². The van der Waals surface area contributed by atoms with Crippen molar-refractivity contribution in [2.45, 2.75) is 32.1 Å². The van der Waals surface area contributed by atoms with Crippen LogP contribution < -0.4 is 4.74 Å². The van der Waals surface area contributed by atoms with Crippen molar-refractivity contribution in [3.8, 4) is 5.75 Å². The third kappa shape index (κ3) is 5.16. The molecule has 1 heterocycles. The first-order valence-electron chi connectivity index (χ1n) is 7.04. The van der Waals surface area contributed by atoms with Gasteiger partial charge in [-0.05, 0) is 32.4 Å². The second-order valence-corrected chi connectivity index (χ2v) is 7.72. The molecule has 4 nitrogen and oxygen atoms in total. The second-order valence-electron chi connectivity index (χ2n) is 5.79. The van der Waals surface area contributed by atoms with Gasteiger partial charge in [-0.25, -0.2) is 0 Å². The Morgan fingerprint density at radius 1 is 1.23 bits per heavy atom. The van der Waals surface area contributed by atoms with Gasteiger partial charge in [-0.3, -0.25) is 4.98 Å². The Morgan fingerprint density at radius 3 is 2.64 bits per heavy atom. The predicted octanol–water partition coefficient (Wildman–Crippen LogP) is 3.54. The van der Waals surface area contributed by atoms with E-state index in [0.29, 0.717) is 18.1 Å². The minimum Gasteiger partial charge on any atom is -0.591 e. The minimum absolute atomic E-state index is 0.377. The first kappa shape index (κ1) is 16.5. The molecule has 0 radical (unpaired) electrons. The molecule has 0 N–H and O–H groups in total. The Bertz CT molecular complexity index is 624. The Labute approximate surface area is 134 Å². The predicted molar refractivity (Wildman–Crippen MR) is 90.5 cm³/mol. The summed E-state index contributed by atoms with van der Waals surface area (Å²) in [6.45, 7) is 6.14. The van der Waals surface area contributed by atoms with Crippen LogP contribution in [0.2, 0.25) is 0 Å². The number of ether oxygens (including phenoxy) is 1. The number of hydrogen-bond acceptors (Lipinski definition) is 4. The summed E-state index contributed by atoms with van der Waals surface area (Å²) in [5.74, 6) is 0.710. The van der Waals surface area contributed by atoms with E-state index < -0.39 is 11.4 Å². The van der Waals surface area contributed by atoms with Crippen LogP contribution in [0.5, 0.6) is 5.75 Å². The average molecular weight is 316 g/mol. The van der Waals surface area contributed by atoms with E-state index >= 15 is 0 Å². The zero-order valence-electron chi connectivity index (χ0n) is 13.0. The van der Waals surface area contributed by atoms with Crippen LogP contribution in [0, 0.1) is 0 Å². The van der Waals surface area contributed by atoms with Crippen molar-refractivity contribution in [3.63, 3.8) is 0 Å². The third-order valence-electron chi connectivity index (χ3n) is 2.81. The van der Waals surface area contributed by atoms with Crippen LogP contribution in [0.1, 0.15) is 32.0 Å². The molecular weight excluding hydrogens is 296 g/mol. The molecule has 0 aliphatic heterocycles. The molecule has 1 unspecified atom stereocenters. The lowest BCUT2D eigenvalue weighted by molar-refractivity contribution is 0.306. The van der Waals surface area contributed by atoms with Gasteiger partial charge in [0.25, 0.3) is 0 Å². The van der Waals surface area contributed by atoms with Gasteiger partial charge in [-0.15, -0.1) is 0 Å². The molecule has 1 aromatic carbocycles. The minimum atomic E-state index is -1.29. The molecule has 0 saturated heterocycles. The smallest absolute Gasteiger partial charge is 0.144 e. The molecule has 0 fully saturated rings. The topological polar surface area (TPSA) is 57.5 Å². The van der Waals surface area contributed by atoms with Crippen molar-refractivity contribution < 1.29 is 9.29 Å². The number of nitrogens with zero attached hydrogens (tertiary/aromatic N) is 2. The number of aromatic nitrogens is 1. The van der Waals surface area contributed by atoms with Crippen LogP contribution in [0.25, 0.3) is 0 Å². The van der Waals surface area contributed by atoms with E-state index in [9.17, 15) is 4.55 Å². The van der Waals surface area contributed by atoms with Crippen LogP contribution in [0.4, 0.5) is 0 Å². The third-order valence-corrected chi connectivity index (χ3v) is 4.15. The van der Waals surface area contributed by atoms with Crippen molar-refractivity contribution in [3.05, 3.63) is 59.9 Å². The maximum atomic E-state index is 11.9. The Morgan fingerprint density at radius 2 is 1.95 bits per heavy atom. The zero-order chi connectivity index (χ0) is 16.0. The lowest BCUT2D eigenvalue weighted by Crippen LogP contribution is -2.25. The van der Waals surface area contributed by atoms with Gasteiger partial charge in [-0.1, -0.05) is 34.7 Å². The molecule has 2 aromatic rings. The summed E-state index contributed by atoms with van der Waals surface area (Å²) >= 11 is -1.29. The van der Waals surface area contributed by atoms with E-state index in [4.69, 9.17) is 4.74 Å². The van der Waals surface area contributed by atoms with Gasteiger partial charge in [0.2, 0.25) is 0 Å². The molecule has 22 heavy (non-hydrogen) atoms. The fourth-order valence-electron chi connectivity index (χ4n) is 1.59. The lowest BCUT2D eigenvalue weighted by atomic mass is 10.2. The lowest BCUT2D eigenvalue weighted by Gasteiger charge is -2.17. The molecule has 0 saturated carbocycles. The quantitative estimate of drug-likeness (QED) is 0.626. The van der Waals surface area contributed by atoms with Gasteiger partial charge in [0.1, 0.15) is 34.7 Å². The van der Waals surface area contributed by atoms with Crippen molar-refractivity contribution in [1.82, 2.24) is 4.98 Å². The van der Waals surface area contributed by atoms with E-state index in [-0.39, 0.29) is 4.75 Å². The van der Waals surface area contributed by atoms with Crippen molar-refractivity contribution in [1.29, 1.82) is 0 Å². The van der Waals surface area contributed by atoms with Gasteiger partial charge in [0.15, 0.2) is 0 Å². The Balaban J connectivity index is 1.99. The summed E-state index contributed by atoms with van der Waals surface area (Å²) in [6, 6.07) is 13.5. The fraction of sp³-hybridized carbons (Fsp3) is 0.294. The first-order chi connectivity index (χ1) is 10.4. The first-order valence-corrected chi connectivity index (χ1v) is 8.15. The Hall–Kier alpha value is -1.85. The number of benzene rings is 1. The van der Waals surface area contributed by atoms with Crippen LogP contribution in [-0.2, 0) is 18.0 Å². The van der Waals surface area contributed by atoms with Crippen LogP contribution in [0.3, 0.4) is 0 Å². The molecule has 116 valence electrons. The molecule has 1 atom stereocenters. The highest BCUT2D eigenvalue weighted by molar-refractivity contribution is 7.91. The molecule has 0 spiro atoms. The molecule has 5 heteroatoms. The van der Waals surface area contributed by atoms with Gasteiger partial charge in [-0.2, -0.15) is 0 Å². The molecule has 2 rings (SSSR count). The Kier molecular flexibility index (Phi) is 5.57. The van der Waals surface area contributed by atoms with Crippen molar-refractivity contribution in [2.75, 3.05) is 0 Å². The van der Waals surface area contributed by atoms with Gasteiger partial charge in [0, 0.05) is 12.3 Å². The number of hydrogen-bond donors (Lipinski definition) is 0. The molecular formula is C17H20N2O2S. The largest absolute Gasteiger partial charge is 0.591 e. The van der Waals surface area contributed by atoms with Gasteiger partial charge in [0.05, 0.1) is 5.69 Å². The summed E-state index contributed by atoms with van der Waals surface area (Å²) < 4.78 is 21.3. The van der Waals surface area contributed by atoms with E-state index in [1.807, 2.05) is 51.1 Å². The maximum absolute atomic E-state index is 11.9. The van der Waals surface area contributed by atoms with Gasteiger partial charge >= 0.3 is 0 Å². The number of rotatable bonds is 5. The molecule has 0 amide bonds. The molecule has 0 aliphatic carbocycles. The highest BCUT2D eigenvalue weighted by Gasteiger charge is 2.25. The molecule has 0 bridgehead atoms.